The van der Waals surface area contributed by atoms with E-state index < -0.39 is 6.10 Å². The van der Waals surface area contributed by atoms with Crippen LogP contribution in [0.1, 0.15) is 44.8 Å². The predicted octanol–water partition coefficient (Wildman–Crippen LogP) is 3.80. The van der Waals surface area contributed by atoms with Crippen molar-refractivity contribution in [1.82, 2.24) is 0 Å². The fourth-order valence-corrected chi connectivity index (χ4v) is 2.22. The normalized spacial score (nSPS) is 11.8. The molecule has 0 aliphatic heterocycles. The molecule has 0 aromatic heterocycles. The first-order chi connectivity index (χ1) is 11.1. The van der Waals surface area contributed by atoms with Crippen molar-refractivity contribution in [2.24, 2.45) is 0 Å². The number of halogens is 1. The van der Waals surface area contributed by atoms with E-state index in [9.17, 15) is 9.59 Å². The van der Waals surface area contributed by atoms with E-state index in [1.54, 1.807) is 6.92 Å². The Hall–Kier alpha value is -1.40. The molecule has 0 radical (unpaired) electrons. The monoisotopic (exact) mass is 386 g/mol. The van der Waals surface area contributed by atoms with Crippen molar-refractivity contribution in [3.63, 3.8) is 0 Å². The van der Waals surface area contributed by atoms with Gasteiger partial charge >= 0.3 is 11.9 Å². The third kappa shape index (κ3) is 8.13. The van der Waals surface area contributed by atoms with Gasteiger partial charge in [-0.3, -0.25) is 9.59 Å². The van der Waals surface area contributed by atoms with Crippen LogP contribution in [-0.4, -0.2) is 31.8 Å². The van der Waals surface area contributed by atoms with E-state index in [0.717, 1.165) is 10.0 Å². The topological polar surface area (TPSA) is 61.8 Å². The lowest BCUT2D eigenvalue weighted by atomic mass is 10.1. The molecule has 1 aromatic rings. The van der Waals surface area contributed by atoms with Gasteiger partial charge in [0, 0.05) is 24.1 Å². The molecule has 1 aromatic carbocycles. The van der Waals surface area contributed by atoms with Gasteiger partial charge in [-0.15, -0.1) is 0 Å². The second-order valence-corrected chi connectivity index (χ2v) is 5.76. The molecule has 0 saturated heterocycles. The largest absolute Gasteiger partial charge is 0.466 e. The van der Waals surface area contributed by atoms with Gasteiger partial charge in [0.05, 0.1) is 13.0 Å². The highest BCUT2D eigenvalue weighted by atomic mass is 79.9. The molecule has 0 bridgehead atoms. The zero-order valence-corrected chi connectivity index (χ0v) is 15.1. The van der Waals surface area contributed by atoms with E-state index in [1.807, 2.05) is 31.2 Å². The minimum atomic E-state index is -0.637. The van der Waals surface area contributed by atoms with Crippen LogP contribution >= 0.6 is 15.9 Å². The SMILES string of the molecule is CCOCCCC(=O)O[C@@H](CC(=O)OCC)c1ccc(Br)cc1. The number of esters is 2. The standard InChI is InChI=1S/C17H23BrO5/c1-3-21-11-5-6-16(19)23-15(12-17(20)22-4-2)13-7-9-14(18)10-8-13/h7-10,15H,3-6,11-12H2,1-2H3/t15-/m0/s1. The Morgan fingerprint density at radius 3 is 2.39 bits per heavy atom. The van der Waals surface area contributed by atoms with Gasteiger partial charge in [0.25, 0.3) is 0 Å². The lowest BCUT2D eigenvalue weighted by Gasteiger charge is -2.18. The summed E-state index contributed by atoms with van der Waals surface area (Å²) in [5.74, 6) is -0.732. The average molecular weight is 387 g/mol. The molecular weight excluding hydrogens is 364 g/mol. The Morgan fingerprint density at radius 1 is 1.09 bits per heavy atom. The number of rotatable bonds is 10. The maximum Gasteiger partial charge on any atom is 0.309 e. The smallest absolute Gasteiger partial charge is 0.309 e. The first kappa shape index (κ1) is 19.6. The third-order valence-corrected chi connectivity index (χ3v) is 3.58. The van der Waals surface area contributed by atoms with Crippen molar-refractivity contribution in [3.05, 3.63) is 34.3 Å². The van der Waals surface area contributed by atoms with Crippen molar-refractivity contribution in [3.8, 4) is 0 Å². The summed E-state index contributed by atoms with van der Waals surface area (Å²) in [5, 5.41) is 0. The zero-order chi connectivity index (χ0) is 17.1. The van der Waals surface area contributed by atoms with Gasteiger partial charge in [-0.1, -0.05) is 28.1 Å². The number of hydrogen-bond acceptors (Lipinski definition) is 5. The predicted molar refractivity (Wildman–Crippen MR) is 90.0 cm³/mol. The quantitative estimate of drug-likeness (QED) is 0.451. The van der Waals surface area contributed by atoms with E-state index in [2.05, 4.69) is 15.9 Å². The molecule has 5 nitrogen and oxygen atoms in total. The van der Waals surface area contributed by atoms with Gasteiger partial charge in [0.1, 0.15) is 6.10 Å². The third-order valence-electron chi connectivity index (χ3n) is 3.05. The molecule has 0 saturated carbocycles. The molecule has 1 rings (SSSR count). The van der Waals surface area contributed by atoms with Gasteiger partial charge < -0.3 is 14.2 Å². The maximum absolute atomic E-state index is 12.0. The van der Waals surface area contributed by atoms with E-state index in [1.165, 1.54) is 0 Å². The molecule has 0 spiro atoms. The van der Waals surface area contributed by atoms with E-state index in [-0.39, 0.29) is 24.8 Å². The molecule has 23 heavy (non-hydrogen) atoms. The lowest BCUT2D eigenvalue weighted by molar-refractivity contribution is -0.155. The Balaban J connectivity index is 2.65. The molecule has 0 N–H and O–H groups in total. The maximum atomic E-state index is 12.0. The number of benzene rings is 1. The minimum absolute atomic E-state index is 0.00662. The molecule has 0 aliphatic carbocycles. The highest BCUT2D eigenvalue weighted by Crippen LogP contribution is 2.24. The molecule has 0 fully saturated rings. The van der Waals surface area contributed by atoms with Crippen LogP contribution in [0.3, 0.4) is 0 Å². The minimum Gasteiger partial charge on any atom is -0.466 e. The van der Waals surface area contributed by atoms with Crippen LogP contribution in [0.2, 0.25) is 0 Å². The molecule has 0 unspecified atom stereocenters. The van der Waals surface area contributed by atoms with E-state index in [4.69, 9.17) is 14.2 Å². The van der Waals surface area contributed by atoms with Crippen molar-refractivity contribution < 1.29 is 23.8 Å². The highest BCUT2D eigenvalue weighted by molar-refractivity contribution is 9.10. The molecule has 0 amide bonds. The van der Waals surface area contributed by atoms with Crippen molar-refractivity contribution in [2.45, 2.75) is 39.2 Å². The molecule has 6 heteroatoms. The summed E-state index contributed by atoms with van der Waals surface area (Å²) < 4.78 is 16.5. The Morgan fingerprint density at radius 2 is 1.78 bits per heavy atom. The van der Waals surface area contributed by atoms with Crippen LogP contribution in [0.15, 0.2) is 28.7 Å². The van der Waals surface area contributed by atoms with Crippen molar-refractivity contribution in [2.75, 3.05) is 19.8 Å². The van der Waals surface area contributed by atoms with Crippen LogP contribution in [0.5, 0.6) is 0 Å². The molecular formula is C17H23BrO5. The van der Waals surface area contributed by atoms with Gasteiger partial charge in [0.2, 0.25) is 0 Å². The van der Waals surface area contributed by atoms with Gasteiger partial charge in [-0.2, -0.15) is 0 Å². The summed E-state index contributed by atoms with van der Waals surface area (Å²) in [6.07, 6.45) is 0.225. The van der Waals surface area contributed by atoms with Gasteiger partial charge in [0.15, 0.2) is 0 Å². The Bertz CT molecular complexity index is 486. The van der Waals surface area contributed by atoms with Crippen LogP contribution < -0.4 is 0 Å². The molecule has 0 aliphatic rings. The zero-order valence-electron chi connectivity index (χ0n) is 13.5. The first-order valence-corrected chi connectivity index (χ1v) is 8.54. The molecule has 1 atom stereocenters. The summed E-state index contributed by atoms with van der Waals surface area (Å²) in [5.41, 5.74) is 0.763. The van der Waals surface area contributed by atoms with Crippen LogP contribution in [0, 0.1) is 0 Å². The van der Waals surface area contributed by atoms with Crippen molar-refractivity contribution in [1.29, 1.82) is 0 Å². The fraction of sp³-hybridized carbons (Fsp3) is 0.529. The van der Waals surface area contributed by atoms with E-state index in [0.29, 0.717) is 26.2 Å². The summed E-state index contributed by atoms with van der Waals surface area (Å²) >= 11 is 3.36. The second-order valence-electron chi connectivity index (χ2n) is 4.84. The Kier molecular flexibility index (Phi) is 9.55. The number of carbonyl (C=O) groups excluding carboxylic acids is 2. The average Bonchev–Trinajstić information content (AvgIpc) is 2.52. The first-order valence-electron chi connectivity index (χ1n) is 7.75. The number of ether oxygens (including phenoxy) is 3. The lowest BCUT2D eigenvalue weighted by Crippen LogP contribution is -2.17. The summed E-state index contributed by atoms with van der Waals surface area (Å²) in [4.78, 5) is 23.7. The fourth-order valence-electron chi connectivity index (χ4n) is 1.96. The molecule has 128 valence electrons. The van der Waals surface area contributed by atoms with Crippen LogP contribution in [-0.2, 0) is 23.8 Å². The second kappa shape index (κ2) is 11.2. The van der Waals surface area contributed by atoms with Gasteiger partial charge in [-0.05, 0) is 38.0 Å². The summed E-state index contributed by atoms with van der Waals surface area (Å²) in [6, 6.07) is 7.33. The number of carbonyl (C=O) groups is 2. The summed E-state index contributed by atoms with van der Waals surface area (Å²) in [6.45, 7) is 5.09. The van der Waals surface area contributed by atoms with Crippen LogP contribution in [0.4, 0.5) is 0 Å². The van der Waals surface area contributed by atoms with E-state index >= 15 is 0 Å². The van der Waals surface area contributed by atoms with Crippen molar-refractivity contribution >= 4 is 27.9 Å². The van der Waals surface area contributed by atoms with Gasteiger partial charge in [-0.25, -0.2) is 0 Å². The van der Waals surface area contributed by atoms with Crippen LogP contribution in [0.25, 0.3) is 0 Å². The number of hydrogen-bond donors (Lipinski definition) is 0. The Labute approximate surface area is 145 Å². The summed E-state index contributed by atoms with van der Waals surface area (Å²) in [7, 11) is 0. The highest BCUT2D eigenvalue weighted by Gasteiger charge is 2.21. The molecule has 0 heterocycles.